The molecule has 3 N–H and O–H groups in total. The van der Waals surface area contributed by atoms with Crippen LogP contribution in [0.5, 0.6) is 0 Å². The summed E-state index contributed by atoms with van der Waals surface area (Å²) in [6.07, 6.45) is 1.66. The number of hydrogen-bond donors (Lipinski definition) is 3. The Morgan fingerprint density at radius 3 is 2.32 bits per heavy atom. The van der Waals surface area contributed by atoms with Gasteiger partial charge in [-0.15, -0.1) is 0 Å². The Kier molecular flexibility index (Phi) is 7.24. The third kappa shape index (κ3) is 5.10. The maximum absolute atomic E-state index is 13.6. The molecule has 176 valence electrons. The Labute approximate surface area is 198 Å². The first kappa shape index (κ1) is 23.1. The number of benzene rings is 2. The summed E-state index contributed by atoms with van der Waals surface area (Å²) >= 11 is 0. The highest BCUT2D eigenvalue weighted by Gasteiger charge is 2.27. The summed E-state index contributed by atoms with van der Waals surface area (Å²) in [5, 5.41) is 12.0. The highest BCUT2D eigenvalue weighted by molar-refractivity contribution is 5.93. The zero-order chi connectivity index (χ0) is 23.9. The highest BCUT2D eigenvalue weighted by atomic mass is 16.5. The summed E-state index contributed by atoms with van der Waals surface area (Å²) in [5.41, 5.74) is 4.99. The fraction of sp³-hybridized carbons (Fsp3) is 0.240. The molecule has 0 radical (unpaired) electrons. The van der Waals surface area contributed by atoms with Crippen LogP contribution in [0.3, 0.4) is 0 Å². The molecule has 34 heavy (non-hydrogen) atoms. The van der Waals surface area contributed by atoms with Gasteiger partial charge >= 0.3 is 6.03 Å². The number of hydrogen-bond acceptors (Lipinski definition) is 6. The fourth-order valence-corrected chi connectivity index (χ4v) is 4.04. The molecule has 9 heteroatoms. The van der Waals surface area contributed by atoms with Crippen molar-refractivity contribution in [3.63, 3.8) is 0 Å². The van der Waals surface area contributed by atoms with Gasteiger partial charge in [0.1, 0.15) is 5.82 Å². The highest BCUT2D eigenvalue weighted by Crippen LogP contribution is 2.26. The van der Waals surface area contributed by atoms with Gasteiger partial charge in [0, 0.05) is 45.0 Å². The molecule has 2 heterocycles. The van der Waals surface area contributed by atoms with E-state index < -0.39 is 5.91 Å². The van der Waals surface area contributed by atoms with Crippen molar-refractivity contribution in [2.75, 3.05) is 48.3 Å². The van der Waals surface area contributed by atoms with Crippen LogP contribution in [0.1, 0.15) is 15.9 Å². The summed E-state index contributed by atoms with van der Waals surface area (Å²) in [6.45, 7) is 2.95. The van der Waals surface area contributed by atoms with Crippen molar-refractivity contribution in [3.05, 3.63) is 84.1 Å². The van der Waals surface area contributed by atoms with Crippen LogP contribution in [0, 0.1) is 0 Å². The van der Waals surface area contributed by atoms with Crippen molar-refractivity contribution in [3.8, 4) is 0 Å². The summed E-state index contributed by atoms with van der Waals surface area (Å²) in [7, 11) is 1.91. The van der Waals surface area contributed by atoms with Crippen LogP contribution in [0.15, 0.2) is 72.9 Å². The van der Waals surface area contributed by atoms with E-state index in [4.69, 9.17) is 5.21 Å². The van der Waals surface area contributed by atoms with E-state index in [-0.39, 0.29) is 6.03 Å². The number of para-hydroxylation sites is 2. The Hall–Kier alpha value is -4.11. The van der Waals surface area contributed by atoms with Crippen molar-refractivity contribution < 1.29 is 14.8 Å². The van der Waals surface area contributed by atoms with Crippen LogP contribution >= 0.6 is 0 Å². The molecule has 3 aromatic rings. The summed E-state index contributed by atoms with van der Waals surface area (Å²) in [5.74, 6) is -0.0189. The van der Waals surface area contributed by atoms with Crippen LogP contribution in [-0.4, -0.2) is 60.3 Å². The zero-order valence-corrected chi connectivity index (χ0v) is 19.0. The molecular weight excluding hydrogens is 432 g/mol. The molecule has 2 aromatic carbocycles. The van der Waals surface area contributed by atoms with Gasteiger partial charge in [-0.25, -0.2) is 15.3 Å². The minimum absolute atomic E-state index is 0.113. The standard InChI is InChI=1S/C25H28N6O3/c1-26-21-6-2-3-7-22(21)29-14-16-30(17-15-29)25(33)31(23-8-4-5-13-27-23)18-19-9-11-20(12-10-19)24(32)28-34/h2-13,26,34H,14-18H2,1H3,(H,28,32). The fourth-order valence-electron chi connectivity index (χ4n) is 4.04. The third-order valence-electron chi connectivity index (χ3n) is 5.88. The number of amides is 3. The van der Waals surface area contributed by atoms with Crippen LogP contribution < -0.4 is 20.6 Å². The number of urea groups is 1. The Balaban J connectivity index is 1.49. The number of aromatic nitrogens is 1. The quantitative estimate of drug-likeness (QED) is 0.386. The number of rotatable bonds is 6. The molecule has 1 aromatic heterocycles. The lowest BCUT2D eigenvalue weighted by atomic mass is 10.1. The van der Waals surface area contributed by atoms with Crippen LogP contribution in [0.4, 0.5) is 22.0 Å². The molecule has 0 bridgehead atoms. The maximum atomic E-state index is 13.6. The Morgan fingerprint density at radius 2 is 1.68 bits per heavy atom. The Bertz CT molecular complexity index is 1120. The van der Waals surface area contributed by atoms with Gasteiger partial charge in [-0.3, -0.25) is 14.9 Å². The topological polar surface area (TPSA) is 101 Å². The van der Waals surface area contributed by atoms with Crippen molar-refractivity contribution in [1.82, 2.24) is 15.4 Å². The molecule has 1 aliphatic rings. The predicted molar refractivity (Wildman–Crippen MR) is 131 cm³/mol. The predicted octanol–water partition coefficient (Wildman–Crippen LogP) is 3.19. The number of nitrogens with one attached hydrogen (secondary N) is 2. The molecule has 1 saturated heterocycles. The number of nitrogens with zero attached hydrogens (tertiary/aromatic N) is 4. The van der Waals surface area contributed by atoms with E-state index in [1.165, 1.54) is 0 Å². The summed E-state index contributed by atoms with van der Waals surface area (Å²) < 4.78 is 0. The number of piperazine rings is 1. The zero-order valence-electron chi connectivity index (χ0n) is 19.0. The molecule has 1 fully saturated rings. The van der Waals surface area contributed by atoms with E-state index in [9.17, 15) is 9.59 Å². The second-order valence-electron chi connectivity index (χ2n) is 7.94. The monoisotopic (exact) mass is 460 g/mol. The largest absolute Gasteiger partial charge is 0.386 e. The molecule has 0 saturated carbocycles. The van der Waals surface area contributed by atoms with Crippen LogP contribution in [0.2, 0.25) is 0 Å². The van der Waals surface area contributed by atoms with Crippen molar-refractivity contribution in [1.29, 1.82) is 0 Å². The number of anilines is 3. The average molecular weight is 461 g/mol. The Morgan fingerprint density at radius 1 is 0.971 bits per heavy atom. The van der Waals surface area contributed by atoms with E-state index in [1.54, 1.807) is 40.8 Å². The van der Waals surface area contributed by atoms with E-state index in [0.29, 0.717) is 31.0 Å². The lowest BCUT2D eigenvalue weighted by Crippen LogP contribution is -2.53. The second kappa shape index (κ2) is 10.7. The minimum atomic E-state index is -0.582. The van der Waals surface area contributed by atoms with Gasteiger partial charge < -0.3 is 15.1 Å². The summed E-state index contributed by atoms with van der Waals surface area (Å²) in [6, 6.07) is 20.3. The van der Waals surface area contributed by atoms with Crippen LogP contribution in [-0.2, 0) is 6.54 Å². The number of hydroxylamine groups is 1. The smallest absolute Gasteiger partial charge is 0.326 e. The molecule has 0 spiro atoms. The van der Waals surface area contributed by atoms with Gasteiger partial charge in [-0.1, -0.05) is 30.3 Å². The van der Waals surface area contributed by atoms with Gasteiger partial charge in [0.05, 0.1) is 17.9 Å². The van der Waals surface area contributed by atoms with Gasteiger partial charge in [0.15, 0.2) is 0 Å². The third-order valence-corrected chi connectivity index (χ3v) is 5.88. The molecule has 9 nitrogen and oxygen atoms in total. The molecule has 0 unspecified atom stereocenters. The first-order valence-corrected chi connectivity index (χ1v) is 11.1. The normalized spacial score (nSPS) is 13.4. The van der Waals surface area contributed by atoms with Crippen molar-refractivity contribution >= 4 is 29.1 Å². The van der Waals surface area contributed by atoms with E-state index >= 15 is 0 Å². The van der Waals surface area contributed by atoms with Crippen LogP contribution in [0.25, 0.3) is 0 Å². The number of carbonyl (C=O) groups excluding carboxylic acids is 2. The average Bonchev–Trinajstić information content (AvgIpc) is 2.91. The maximum Gasteiger partial charge on any atom is 0.326 e. The summed E-state index contributed by atoms with van der Waals surface area (Å²) in [4.78, 5) is 35.4. The first-order chi connectivity index (χ1) is 16.6. The second-order valence-corrected chi connectivity index (χ2v) is 7.94. The lowest BCUT2D eigenvalue weighted by Gasteiger charge is -2.38. The molecule has 4 rings (SSSR count). The van der Waals surface area contributed by atoms with Gasteiger partial charge in [-0.2, -0.15) is 0 Å². The van der Waals surface area contributed by atoms with Gasteiger partial charge in [-0.05, 0) is 42.0 Å². The number of pyridine rings is 1. The van der Waals surface area contributed by atoms with Crippen molar-refractivity contribution in [2.45, 2.75) is 6.54 Å². The lowest BCUT2D eigenvalue weighted by molar-refractivity contribution is 0.0706. The van der Waals surface area contributed by atoms with E-state index in [2.05, 4.69) is 21.3 Å². The SMILES string of the molecule is CNc1ccccc1N1CCN(C(=O)N(Cc2ccc(C(=O)NO)cc2)c2ccccn2)CC1. The number of carbonyl (C=O) groups is 2. The first-order valence-electron chi connectivity index (χ1n) is 11.1. The molecule has 0 aliphatic carbocycles. The van der Waals surface area contributed by atoms with Gasteiger partial charge in [0.25, 0.3) is 5.91 Å². The molecule has 3 amide bonds. The van der Waals surface area contributed by atoms with E-state index in [1.807, 2.05) is 48.3 Å². The minimum Gasteiger partial charge on any atom is -0.386 e. The van der Waals surface area contributed by atoms with Gasteiger partial charge in [0.2, 0.25) is 0 Å². The van der Waals surface area contributed by atoms with Crippen molar-refractivity contribution in [2.24, 2.45) is 0 Å². The molecular formula is C25H28N6O3. The molecule has 0 atom stereocenters. The van der Waals surface area contributed by atoms with E-state index in [0.717, 1.165) is 30.0 Å². The molecule has 1 aliphatic heterocycles.